The first-order chi connectivity index (χ1) is 8.71. The molecule has 0 saturated carbocycles. The number of nitrogens with two attached hydrogens (primary N) is 1. The summed E-state index contributed by atoms with van der Waals surface area (Å²) in [5.41, 5.74) is 5.26. The molecule has 0 saturated heterocycles. The number of carbonyl (C=O) groups excluding carboxylic acids is 1. The van der Waals surface area contributed by atoms with E-state index >= 15 is 0 Å². The van der Waals surface area contributed by atoms with Crippen LogP contribution >= 0.6 is 11.8 Å². The van der Waals surface area contributed by atoms with Crippen LogP contribution in [0.15, 0.2) is 53.0 Å². The summed E-state index contributed by atoms with van der Waals surface area (Å²) < 4.78 is 4.61. The minimum Gasteiger partial charge on any atom is -0.460 e. The average molecular weight is 261 g/mol. The van der Waals surface area contributed by atoms with E-state index < -0.39 is 10.7 Å². The zero-order valence-electron chi connectivity index (χ0n) is 9.45. The van der Waals surface area contributed by atoms with Gasteiger partial charge in [-0.25, -0.2) is 4.99 Å². The molecule has 1 spiro atoms. The van der Waals surface area contributed by atoms with E-state index in [4.69, 9.17) is 10.5 Å². The fourth-order valence-electron chi connectivity index (χ4n) is 2.00. The molecule has 0 radical (unpaired) electrons. The Balaban J connectivity index is 2.08. The monoisotopic (exact) mass is 261 g/mol. The number of amides is 1. The first kappa shape index (κ1) is 11.2. The van der Waals surface area contributed by atoms with Crippen molar-refractivity contribution in [3.8, 4) is 0 Å². The van der Waals surface area contributed by atoms with Crippen LogP contribution in [0.3, 0.4) is 0 Å². The molecular formula is C12H11N3O2S. The Labute approximate surface area is 108 Å². The smallest absolute Gasteiger partial charge is 0.284 e. The van der Waals surface area contributed by atoms with Gasteiger partial charge in [-0.05, 0) is 23.6 Å². The number of aliphatic imine (C=N–C) groups is 1. The van der Waals surface area contributed by atoms with Crippen molar-refractivity contribution in [3.05, 3.63) is 48.1 Å². The Morgan fingerprint density at radius 2 is 2.50 bits per heavy atom. The summed E-state index contributed by atoms with van der Waals surface area (Å²) in [7, 11) is 0. The molecule has 18 heavy (non-hydrogen) atoms. The molecule has 0 aromatic rings. The number of hydrogen-bond acceptors (Lipinski definition) is 5. The van der Waals surface area contributed by atoms with Gasteiger partial charge in [0.1, 0.15) is 10.6 Å². The van der Waals surface area contributed by atoms with Crippen molar-refractivity contribution in [1.29, 1.82) is 0 Å². The van der Waals surface area contributed by atoms with E-state index in [1.807, 2.05) is 28.7 Å². The van der Waals surface area contributed by atoms with Gasteiger partial charge >= 0.3 is 0 Å². The summed E-state index contributed by atoms with van der Waals surface area (Å²) in [6.07, 6.45) is 10.8. The molecule has 0 aliphatic carbocycles. The number of hydrogen-bond donors (Lipinski definition) is 1. The summed E-state index contributed by atoms with van der Waals surface area (Å²) >= 11 is 1.56. The van der Waals surface area contributed by atoms with Gasteiger partial charge in [-0.1, -0.05) is 0 Å². The molecular weight excluding hydrogens is 250 g/mol. The number of primary amides is 1. The Hall–Kier alpha value is -1.95. The van der Waals surface area contributed by atoms with Gasteiger partial charge in [-0.3, -0.25) is 4.79 Å². The van der Waals surface area contributed by atoms with E-state index in [0.717, 1.165) is 12.4 Å². The highest BCUT2D eigenvalue weighted by atomic mass is 32.2. The van der Waals surface area contributed by atoms with Crippen molar-refractivity contribution in [2.24, 2.45) is 10.7 Å². The van der Waals surface area contributed by atoms with Crippen LogP contribution in [0, 0.1) is 0 Å². The SMILES string of the molecule is NC(=O)C1=CC2(C=CO1)SC=CN1CC=CN=C12. The first-order valence-corrected chi connectivity index (χ1v) is 6.31. The Kier molecular flexibility index (Phi) is 2.52. The van der Waals surface area contributed by atoms with Crippen LogP contribution in [0.5, 0.6) is 0 Å². The molecule has 1 amide bonds. The molecule has 3 aliphatic rings. The van der Waals surface area contributed by atoms with Gasteiger partial charge in [-0.15, -0.1) is 11.8 Å². The predicted octanol–water partition coefficient (Wildman–Crippen LogP) is 1.08. The van der Waals surface area contributed by atoms with Crippen LogP contribution in [0.1, 0.15) is 0 Å². The van der Waals surface area contributed by atoms with Crippen LogP contribution in [-0.4, -0.2) is 27.9 Å². The molecule has 0 bridgehead atoms. The summed E-state index contributed by atoms with van der Waals surface area (Å²) in [5, 5.41) is 1.98. The zero-order chi connectivity index (χ0) is 12.6. The number of nitrogens with zero attached hydrogens (tertiary/aromatic N) is 2. The zero-order valence-corrected chi connectivity index (χ0v) is 10.3. The average Bonchev–Trinajstić information content (AvgIpc) is 2.39. The van der Waals surface area contributed by atoms with Gasteiger partial charge in [0, 0.05) is 18.9 Å². The summed E-state index contributed by atoms with van der Waals surface area (Å²) in [6.45, 7) is 0.770. The molecule has 1 atom stereocenters. The van der Waals surface area contributed by atoms with Crippen LogP contribution < -0.4 is 5.73 Å². The number of ether oxygens (including phenoxy) is 1. The topological polar surface area (TPSA) is 67.9 Å². The van der Waals surface area contributed by atoms with Crippen molar-refractivity contribution in [1.82, 2.24) is 4.90 Å². The third-order valence-corrected chi connectivity index (χ3v) is 3.91. The summed E-state index contributed by atoms with van der Waals surface area (Å²) in [5.74, 6) is 0.431. The van der Waals surface area contributed by atoms with Crippen LogP contribution in [0.2, 0.25) is 0 Å². The highest BCUT2D eigenvalue weighted by Gasteiger charge is 2.40. The molecule has 2 N–H and O–H groups in total. The Morgan fingerprint density at radius 3 is 3.33 bits per heavy atom. The molecule has 3 aliphatic heterocycles. The van der Waals surface area contributed by atoms with Gasteiger partial charge in [0.2, 0.25) is 0 Å². The number of fused-ring (bicyclic) bond motifs is 2. The van der Waals surface area contributed by atoms with E-state index in [2.05, 4.69) is 4.99 Å². The Morgan fingerprint density at radius 1 is 1.61 bits per heavy atom. The number of carbonyl (C=O) groups is 1. The molecule has 6 heteroatoms. The van der Waals surface area contributed by atoms with Gasteiger partial charge in [0.25, 0.3) is 5.91 Å². The lowest BCUT2D eigenvalue weighted by Gasteiger charge is -2.38. The molecule has 1 unspecified atom stereocenters. The molecule has 3 rings (SSSR count). The lowest BCUT2D eigenvalue weighted by atomic mass is 10.0. The van der Waals surface area contributed by atoms with Crippen LogP contribution in [-0.2, 0) is 9.53 Å². The number of amidine groups is 1. The minimum atomic E-state index is -0.577. The molecule has 0 aromatic carbocycles. The lowest BCUT2D eigenvalue weighted by molar-refractivity contribution is -0.117. The van der Waals surface area contributed by atoms with Crippen molar-refractivity contribution in [2.75, 3.05) is 6.54 Å². The van der Waals surface area contributed by atoms with Gasteiger partial charge in [0.05, 0.1) is 6.26 Å². The summed E-state index contributed by atoms with van der Waals surface area (Å²) in [6, 6.07) is 0. The fourth-order valence-corrected chi connectivity index (χ4v) is 3.02. The quantitative estimate of drug-likeness (QED) is 0.767. The third kappa shape index (κ3) is 1.65. The van der Waals surface area contributed by atoms with E-state index in [-0.39, 0.29) is 5.76 Å². The van der Waals surface area contributed by atoms with Gasteiger partial charge in [0.15, 0.2) is 5.76 Å². The van der Waals surface area contributed by atoms with Crippen LogP contribution in [0.25, 0.3) is 0 Å². The molecule has 0 aromatic heterocycles. The van der Waals surface area contributed by atoms with E-state index in [0.29, 0.717) is 0 Å². The van der Waals surface area contributed by atoms with Crippen molar-refractivity contribution in [2.45, 2.75) is 4.75 Å². The van der Waals surface area contributed by atoms with Crippen molar-refractivity contribution in [3.63, 3.8) is 0 Å². The van der Waals surface area contributed by atoms with Crippen molar-refractivity contribution >= 4 is 23.5 Å². The molecule has 0 fully saturated rings. The maximum Gasteiger partial charge on any atom is 0.284 e. The standard InChI is InChI=1S/C12H11N3O2S/c13-10(16)9-8-12(2-6-17-9)11-14-3-1-4-15(11)5-7-18-12/h1-3,5-8H,4H2,(H2,13,16). The maximum absolute atomic E-state index is 11.2. The van der Waals surface area contributed by atoms with E-state index in [9.17, 15) is 4.79 Å². The predicted molar refractivity (Wildman–Crippen MR) is 70.2 cm³/mol. The minimum absolute atomic E-state index is 0.150. The van der Waals surface area contributed by atoms with Crippen molar-refractivity contribution < 1.29 is 9.53 Å². The normalized spacial score (nSPS) is 28.6. The molecule has 3 heterocycles. The molecule has 92 valence electrons. The summed E-state index contributed by atoms with van der Waals surface area (Å²) in [4.78, 5) is 17.7. The largest absolute Gasteiger partial charge is 0.460 e. The highest BCUT2D eigenvalue weighted by Crippen LogP contribution is 2.40. The van der Waals surface area contributed by atoms with Gasteiger partial charge < -0.3 is 15.4 Å². The Bertz CT molecular complexity index is 548. The number of rotatable bonds is 1. The maximum atomic E-state index is 11.2. The van der Waals surface area contributed by atoms with E-state index in [1.54, 1.807) is 24.0 Å². The first-order valence-electron chi connectivity index (χ1n) is 5.43. The lowest BCUT2D eigenvalue weighted by Crippen LogP contribution is -2.46. The van der Waals surface area contributed by atoms with E-state index in [1.165, 1.54) is 6.26 Å². The fraction of sp³-hybridized carbons (Fsp3) is 0.167. The highest BCUT2D eigenvalue weighted by molar-refractivity contribution is 8.04. The second kappa shape index (κ2) is 4.06. The number of thioether (sulfide) groups is 1. The third-order valence-electron chi connectivity index (χ3n) is 2.83. The van der Waals surface area contributed by atoms with Crippen LogP contribution in [0.4, 0.5) is 0 Å². The second-order valence-electron chi connectivity index (χ2n) is 3.98. The molecule has 5 nitrogen and oxygen atoms in total. The second-order valence-corrected chi connectivity index (χ2v) is 5.16. The van der Waals surface area contributed by atoms with Gasteiger partial charge in [-0.2, -0.15) is 0 Å².